The van der Waals surface area contributed by atoms with Crippen molar-refractivity contribution in [3.8, 4) is 5.75 Å². The second-order valence-corrected chi connectivity index (χ2v) is 10.9. The molecular formula is C28H35N3O8. The maximum Gasteiger partial charge on any atom is 0.408 e. The standard InChI is InChI=1S/C28H35N3O8/c1-27(2,3)23(35)19-14-17(32)12-11-16(19)13-21(31-26(38)39-28(4,5)6)25(37)30-20-10-8-7-9-18(20)24(36)29-15-22(33)34/h7-12,14,21,32H,13,15H2,1-6H3,(H,29,36)(H,30,37)(H,31,38)(H,33,34)/t21-/m0/s1. The number of rotatable bonds is 9. The SMILES string of the molecule is CC(C)(C)OC(=O)N[C@@H](Cc1ccc(O)cc1C(=O)C(C)(C)C)C(=O)Nc1ccccc1C(=O)NCC(=O)O. The van der Waals surface area contributed by atoms with E-state index in [1.807, 2.05) is 0 Å². The lowest BCUT2D eigenvalue weighted by Crippen LogP contribution is -2.47. The average molecular weight is 542 g/mol. The second-order valence-electron chi connectivity index (χ2n) is 10.9. The lowest BCUT2D eigenvalue weighted by atomic mass is 9.83. The minimum atomic E-state index is -1.26. The molecule has 3 amide bonds. The van der Waals surface area contributed by atoms with Gasteiger partial charge in [0.05, 0.1) is 11.3 Å². The van der Waals surface area contributed by atoms with Gasteiger partial charge in [-0.25, -0.2) is 4.79 Å². The smallest absolute Gasteiger partial charge is 0.408 e. The van der Waals surface area contributed by atoms with E-state index in [1.165, 1.54) is 30.3 Å². The van der Waals surface area contributed by atoms with E-state index in [9.17, 15) is 29.1 Å². The normalized spacial score (nSPS) is 12.2. The van der Waals surface area contributed by atoms with Crippen LogP contribution in [0.3, 0.4) is 0 Å². The number of carboxylic acids is 1. The van der Waals surface area contributed by atoms with Crippen LogP contribution in [-0.4, -0.2) is 58.1 Å². The molecule has 5 N–H and O–H groups in total. The third-order valence-electron chi connectivity index (χ3n) is 5.28. The molecule has 0 heterocycles. The van der Waals surface area contributed by atoms with Gasteiger partial charge < -0.3 is 30.9 Å². The maximum atomic E-state index is 13.5. The van der Waals surface area contributed by atoms with Gasteiger partial charge in [0.2, 0.25) is 5.91 Å². The Morgan fingerprint density at radius 2 is 1.56 bits per heavy atom. The van der Waals surface area contributed by atoms with Crippen molar-refractivity contribution in [2.24, 2.45) is 5.41 Å². The monoisotopic (exact) mass is 541 g/mol. The fraction of sp³-hybridized carbons (Fsp3) is 0.393. The van der Waals surface area contributed by atoms with Crippen LogP contribution in [0, 0.1) is 5.41 Å². The molecule has 0 saturated carbocycles. The Kier molecular flexibility index (Phi) is 9.81. The van der Waals surface area contributed by atoms with E-state index in [1.54, 1.807) is 53.7 Å². The third kappa shape index (κ3) is 9.44. The molecule has 2 aromatic carbocycles. The molecule has 0 saturated heterocycles. The van der Waals surface area contributed by atoms with Crippen molar-refractivity contribution in [3.63, 3.8) is 0 Å². The fourth-order valence-corrected chi connectivity index (χ4v) is 3.50. The number of alkyl carbamates (subject to hydrolysis) is 1. The number of ether oxygens (including phenoxy) is 1. The Bertz CT molecular complexity index is 1260. The number of aromatic hydroxyl groups is 1. The van der Waals surface area contributed by atoms with Gasteiger partial charge in [-0.15, -0.1) is 0 Å². The van der Waals surface area contributed by atoms with Crippen molar-refractivity contribution < 1.29 is 38.9 Å². The summed E-state index contributed by atoms with van der Waals surface area (Å²) in [5.74, 6) is -3.08. The van der Waals surface area contributed by atoms with E-state index in [0.29, 0.717) is 5.56 Å². The summed E-state index contributed by atoms with van der Waals surface area (Å²) in [7, 11) is 0. The zero-order valence-corrected chi connectivity index (χ0v) is 22.9. The Labute approximate surface area is 226 Å². The third-order valence-corrected chi connectivity index (χ3v) is 5.28. The Hall–Kier alpha value is -4.41. The molecule has 210 valence electrons. The van der Waals surface area contributed by atoms with Crippen molar-refractivity contribution in [2.45, 2.75) is 59.6 Å². The quantitative estimate of drug-likeness (QED) is 0.300. The van der Waals surface area contributed by atoms with Crippen LogP contribution in [0.1, 0.15) is 67.8 Å². The van der Waals surface area contributed by atoms with Crippen LogP contribution < -0.4 is 16.0 Å². The highest BCUT2D eigenvalue weighted by atomic mass is 16.6. The molecule has 0 radical (unpaired) electrons. The van der Waals surface area contributed by atoms with E-state index in [0.717, 1.165) is 0 Å². The highest BCUT2D eigenvalue weighted by Gasteiger charge is 2.30. The molecular weight excluding hydrogens is 506 g/mol. The minimum Gasteiger partial charge on any atom is -0.508 e. The number of phenols is 1. The first-order chi connectivity index (χ1) is 18.0. The number of phenolic OH excluding ortho intramolecular Hbond substituents is 1. The fourth-order valence-electron chi connectivity index (χ4n) is 3.50. The maximum absolute atomic E-state index is 13.5. The van der Waals surface area contributed by atoms with E-state index in [-0.39, 0.29) is 34.8 Å². The number of carbonyl (C=O) groups excluding carboxylic acids is 4. The van der Waals surface area contributed by atoms with Gasteiger partial charge in [0, 0.05) is 17.4 Å². The molecule has 11 heteroatoms. The lowest BCUT2D eigenvalue weighted by molar-refractivity contribution is -0.135. The summed E-state index contributed by atoms with van der Waals surface area (Å²) >= 11 is 0. The Balaban J connectivity index is 2.44. The van der Waals surface area contributed by atoms with Crippen LogP contribution in [0.25, 0.3) is 0 Å². The number of ketones is 1. The van der Waals surface area contributed by atoms with Gasteiger partial charge >= 0.3 is 12.1 Å². The first-order valence-corrected chi connectivity index (χ1v) is 12.2. The number of amides is 3. The predicted octanol–water partition coefficient (Wildman–Crippen LogP) is 3.51. The highest BCUT2D eigenvalue weighted by molar-refractivity contribution is 6.06. The zero-order chi connectivity index (χ0) is 29.5. The van der Waals surface area contributed by atoms with Gasteiger partial charge in [-0.05, 0) is 50.6 Å². The Morgan fingerprint density at radius 1 is 0.923 bits per heavy atom. The topological polar surface area (TPSA) is 171 Å². The summed E-state index contributed by atoms with van der Waals surface area (Å²) in [6.07, 6.45) is -1.02. The number of hydrogen-bond acceptors (Lipinski definition) is 7. The van der Waals surface area contributed by atoms with Gasteiger partial charge in [0.25, 0.3) is 5.91 Å². The minimum absolute atomic E-state index is 0.0105. The number of carboxylic acid groups (broad SMARTS) is 1. The summed E-state index contributed by atoms with van der Waals surface area (Å²) in [6, 6.07) is 8.90. The molecule has 0 unspecified atom stereocenters. The van der Waals surface area contributed by atoms with Crippen LogP contribution in [0.2, 0.25) is 0 Å². The molecule has 0 aliphatic rings. The second kappa shape index (κ2) is 12.4. The molecule has 0 bridgehead atoms. The lowest BCUT2D eigenvalue weighted by Gasteiger charge is -2.25. The van der Waals surface area contributed by atoms with Crippen molar-refractivity contribution >= 4 is 35.3 Å². The number of aliphatic carboxylic acids is 1. The number of para-hydroxylation sites is 1. The van der Waals surface area contributed by atoms with Crippen LogP contribution >= 0.6 is 0 Å². The van der Waals surface area contributed by atoms with Crippen LogP contribution in [0.15, 0.2) is 42.5 Å². The molecule has 2 aromatic rings. The Morgan fingerprint density at radius 3 is 2.15 bits per heavy atom. The number of hydrogen-bond donors (Lipinski definition) is 5. The highest BCUT2D eigenvalue weighted by Crippen LogP contribution is 2.27. The number of Topliss-reactive ketones (excluding diaryl/α,β-unsaturated/α-hetero) is 1. The van der Waals surface area contributed by atoms with E-state index in [2.05, 4.69) is 16.0 Å². The van der Waals surface area contributed by atoms with E-state index >= 15 is 0 Å². The van der Waals surface area contributed by atoms with Gasteiger partial charge in [-0.3, -0.25) is 19.2 Å². The van der Waals surface area contributed by atoms with E-state index in [4.69, 9.17) is 9.84 Å². The first kappa shape index (κ1) is 30.8. The number of nitrogens with one attached hydrogen (secondary N) is 3. The van der Waals surface area contributed by atoms with Gasteiger partial charge in [-0.2, -0.15) is 0 Å². The summed E-state index contributed by atoms with van der Waals surface area (Å²) in [5, 5.41) is 26.3. The van der Waals surface area contributed by atoms with Crippen LogP contribution in [0.5, 0.6) is 5.75 Å². The molecule has 0 spiro atoms. The van der Waals surface area contributed by atoms with Crippen molar-refractivity contribution in [2.75, 3.05) is 11.9 Å². The summed E-state index contributed by atoms with van der Waals surface area (Å²) in [4.78, 5) is 62.6. The molecule has 0 aliphatic heterocycles. The largest absolute Gasteiger partial charge is 0.508 e. The summed E-state index contributed by atoms with van der Waals surface area (Å²) in [5.41, 5.74) is -0.960. The van der Waals surface area contributed by atoms with E-state index < -0.39 is 47.5 Å². The number of carbonyl (C=O) groups is 5. The number of benzene rings is 2. The van der Waals surface area contributed by atoms with Crippen LogP contribution in [-0.2, 0) is 20.7 Å². The molecule has 39 heavy (non-hydrogen) atoms. The van der Waals surface area contributed by atoms with Gasteiger partial charge in [-0.1, -0.05) is 39.0 Å². The zero-order valence-electron chi connectivity index (χ0n) is 22.9. The molecule has 0 aliphatic carbocycles. The van der Waals surface area contributed by atoms with Crippen molar-refractivity contribution in [1.29, 1.82) is 0 Å². The molecule has 11 nitrogen and oxygen atoms in total. The van der Waals surface area contributed by atoms with Crippen LogP contribution in [0.4, 0.5) is 10.5 Å². The van der Waals surface area contributed by atoms with Crippen molar-refractivity contribution in [3.05, 3.63) is 59.2 Å². The predicted molar refractivity (Wildman–Crippen MR) is 144 cm³/mol. The summed E-state index contributed by atoms with van der Waals surface area (Å²) < 4.78 is 5.32. The van der Waals surface area contributed by atoms with Crippen molar-refractivity contribution in [1.82, 2.24) is 10.6 Å². The molecule has 0 fully saturated rings. The molecule has 2 rings (SSSR count). The van der Waals surface area contributed by atoms with Gasteiger partial charge in [0.1, 0.15) is 23.9 Å². The molecule has 1 atom stereocenters. The van der Waals surface area contributed by atoms with Gasteiger partial charge in [0.15, 0.2) is 5.78 Å². The summed E-state index contributed by atoms with van der Waals surface area (Å²) in [6.45, 7) is 9.53. The number of anilines is 1. The average Bonchev–Trinajstić information content (AvgIpc) is 2.81. The molecule has 0 aromatic heterocycles. The first-order valence-electron chi connectivity index (χ1n) is 12.2.